The molecule has 0 spiro atoms. The van der Waals surface area contributed by atoms with Gasteiger partial charge in [-0.15, -0.1) is 11.3 Å². The van der Waals surface area contributed by atoms with Crippen molar-refractivity contribution in [2.75, 3.05) is 19.7 Å². The fourth-order valence-corrected chi connectivity index (χ4v) is 3.13. The minimum atomic E-state index is 0.405. The Morgan fingerprint density at radius 2 is 2.56 bits per heavy atom. The number of halogens is 1. The van der Waals surface area contributed by atoms with Gasteiger partial charge in [-0.3, -0.25) is 4.90 Å². The Kier molecular flexibility index (Phi) is 4.58. The maximum Gasteiger partial charge on any atom is 0.183 e. The molecule has 2 heterocycles. The maximum absolute atomic E-state index is 5.82. The molecule has 0 aromatic carbocycles. The molecule has 1 fully saturated rings. The van der Waals surface area contributed by atoms with Gasteiger partial charge in [0.2, 0.25) is 0 Å². The molecule has 90 valence electrons. The van der Waals surface area contributed by atoms with E-state index in [2.05, 4.69) is 16.8 Å². The lowest BCUT2D eigenvalue weighted by atomic mass is 10.1. The third-order valence-electron chi connectivity index (χ3n) is 2.77. The van der Waals surface area contributed by atoms with Gasteiger partial charge in [0.1, 0.15) is 0 Å². The molecule has 3 nitrogen and oxygen atoms in total. The number of aromatic nitrogens is 1. The highest BCUT2D eigenvalue weighted by Crippen LogP contribution is 2.21. The lowest BCUT2D eigenvalue weighted by Crippen LogP contribution is -2.39. The average Bonchev–Trinajstić information content (AvgIpc) is 2.65. The Balaban J connectivity index is 1.85. The Morgan fingerprint density at radius 3 is 3.25 bits per heavy atom. The van der Waals surface area contributed by atoms with Gasteiger partial charge in [-0.05, 0) is 26.3 Å². The van der Waals surface area contributed by atoms with E-state index in [1.165, 1.54) is 17.7 Å². The van der Waals surface area contributed by atoms with Crippen molar-refractivity contribution in [2.24, 2.45) is 0 Å². The number of rotatable bonds is 4. The second-order valence-electron chi connectivity index (χ2n) is 4.03. The fraction of sp³-hybridized carbons (Fsp3) is 0.727. The van der Waals surface area contributed by atoms with E-state index in [1.54, 1.807) is 11.3 Å². The Hall–Kier alpha value is -0.160. The van der Waals surface area contributed by atoms with E-state index in [-0.39, 0.29) is 0 Å². The van der Waals surface area contributed by atoms with Crippen LogP contribution < -0.4 is 0 Å². The molecule has 0 saturated carbocycles. The van der Waals surface area contributed by atoms with Crippen molar-refractivity contribution in [1.29, 1.82) is 0 Å². The number of ether oxygens (including phenoxy) is 1. The molecule has 0 bridgehead atoms. The van der Waals surface area contributed by atoms with Crippen LogP contribution >= 0.6 is 22.9 Å². The Labute approximate surface area is 105 Å². The minimum absolute atomic E-state index is 0.405. The number of piperidine rings is 1. The highest BCUT2D eigenvalue weighted by atomic mass is 35.5. The van der Waals surface area contributed by atoms with Crippen LogP contribution in [0.25, 0.3) is 0 Å². The SMILES string of the molecule is CCOC1CCCN(Cc2cnc(Cl)s2)C1. The smallest absolute Gasteiger partial charge is 0.183 e. The van der Waals surface area contributed by atoms with Crippen LogP contribution in [0.5, 0.6) is 0 Å². The van der Waals surface area contributed by atoms with Crippen molar-refractivity contribution in [3.8, 4) is 0 Å². The van der Waals surface area contributed by atoms with Crippen LogP contribution in [0.15, 0.2) is 6.20 Å². The van der Waals surface area contributed by atoms with Gasteiger partial charge in [-0.1, -0.05) is 11.6 Å². The third-order valence-corrected chi connectivity index (χ3v) is 3.87. The molecule has 1 unspecified atom stereocenters. The molecule has 1 aromatic heterocycles. The van der Waals surface area contributed by atoms with Gasteiger partial charge in [-0.25, -0.2) is 4.98 Å². The van der Waals surface area contributed by atoms with Crippen LogP contribution in [0.1, 0.15) is 24.6 Å². The van der Waals surface area contributed by atoms with Crippen molar-refractivity contribution in [2.45, 2.75) is 32.4 Å². The first-order chi connectivity index (χ1) is 7.78. The highest BCUT2D eigenvalue weighted by molar-refractivity contribution is 7.15. The topological polar surface area (TPSA) is 25.4 Å². The molecule has 16 heavy (non-hydrogen) atoms. The zero-order valence-corrected chi connectivity index (χ0v) is 11.1. The highest BCUT2D eigenvalue weighted by Gasteiger charge is 2.20. The summed E-state index contributed by atoms with van der Waals surface area (Å²) < 4.78 is 6.31. The number of likely N-dealkylation sites (tertiary alicyclic amines) is 1. The lowest BCUT2D eigenvalue weighted by molar-refractivity contribution is 0.00388. The predicted octanol–water partition coefficient (Wildman–Crippen LogP) is 2.80. The first-order valence-electron chi connectivity index (χ1n) is 5.72. The van der Waals surface area contributed by atoms with Gasteiger partial charge in [0.15, 0.2) is 4.47 Å². The summed E-state index contributed by atoms with van der Waals surface area (Å²) >= 11 is 7.39. The van der Waals surface area contributed by atoms with Gasteiger partial charge in [0.05, 0.1) is 6.10 Å². The van der Waals surface area contributed by atoms with E-state index in [4.69, 9.17) is 16.3 Å². The van der Waals surface area contributed by atoms with Gasteiger partial charge in [-0.2, -0.15) is 0 Å². The van der Waals surface area contributed by atoms with Crippen molar-refractivity contribution in [3.63, 3.8) is 0 Å². The molecular formula is C11H17ClN2OS. The predicted molar refractivity (Wildman–Crippen MR) is 67.0 cm³/mol. The molecule has 0 amide bonds. The van der Waals surface area contributed by atoms with Crippen LogP contribution in [0, 0.1) is 0 Å². The molecule has 0 radical (unpaired) electrons. The van der Waals surface area contributed by atoms with Crippen molar-refractivity contribution < 1.29 is 4.74 Å². The van der Waals surface area contributed by atoms with E-state index in [0.717, 1.165) is 26.2 Å². The van der Waals surface area contributed by atoms with E-state index >= 15 is 0 Å². The van der Waals surface area contributed by atoms with Crippen molar-refractivity contribution >= 4 is 22.9 Å². The summed E-state index contributed by atoms with van der Waals surface area (Å²) in [4.78, 5) is 7.73. The molecular weight excluding hydrogens is 244 g/mol. The summed E-state index contributed by atoms with van der Waals surface area (Å²) in [6.07, 6.45) is 4.68. The maximum atomic E-state index is 5.82. The lowest BCUT2D eigenvalue weighted by Gasteiger charge is -2.31. The first-order valence-corrected chi connectivity index (χ1v) is 6.91. The van der Waals surface area contributed by atoms with E-state index in [9.17, 15) is 0 Å². The summed E-state index contributed by atoms with van der Waals surface area (Å²) in [6.45, 7) is 6.00. The quantitative estimate of drug-likeness (QED) is 0.833. The number of hydrogen-bond acceptors (Lipinski definition) is 4. The molecule has 2 rings (SSSR count). The summed E-state index contributed by atoms with van der Waals surface area (Å²) in [5.41, 5.74) is 0. The fourth-order valence-electron chi connectivity index (χ4n) is 2.11. The molecule has 5 heteroatoms. The molecule has 0 aliphatic carbocycles. The zero-order chi connectivity index (χ0) is 11.4. The summed E-state index contributed by atoms with van der Waals surface area (Å²) in [7, 11) is 0. The molecule has 1 saturated heterocycles. The van der Waals surface area contributed by atoms with Crippen LogP contribution in [-0.2, 0) is 11.3 Å². The van der Waals surface area contributed by atoms with Crippen LogP contribution in [0.2, 0.25) is 4.47 Å². The van der Waals surface area contributed by atoms with Crippen molar-refractivity contribution in [3.05, 3.63) is 15.5 Å². The normalized spacial score (nSPS) is 22.5. The van der Waals surface area contributed by atoms with Crippen LogP contribution in [0.4, 0.5) is 0 Å². The van der Waals surface area contributed by atoms with Gasteiger partial charge >= 0.3 is 0 Å². The number of thiazole rings is 1. The van der Waals surface area contributed by atoms with Crippen LogP contribution in [-0.4, -0.2) is 35.7 Å². The first kappa shape index (κ1) is 12.3. The molecule has 1 aliphatic rings. The molecule has 1 atom stereocenters. The number of nitrogens with zero attached hydrogens (tertiary/aromatic N) is 2. The molecule has 1 aromatic rings. The summed E-state index contributed by atoms with van der Waals surface area (Å²) in [5, 5.41) is 0. The van der Waals surface area contributed by atoms with E-state index < -0.39 is 0 Å². The number of hydrogen-bond donors (Lipinski definition) is 0. The van der Waals surface area contributed by atoms with Crippen molar-refractivity contribution in [1.82, 2.24) is 9.88 Å². The second kappa shape index (κ2) is 5.96. The summed E-state index contributed by atoms with van der Waals surface area (Å²) in [6, 6.07) is 0. The Morgan fingerprint density at radius 1 is 1.69 bits per heavy atom. The minimum Gasteiger partial charge on any atom is -0.377 e. The van der Waals surface area contributed by atoms with Gasteiger partial charge in [0, 0.05) is 30.8 Å². The zero-order valence-electron chi connectivity index (χ0n) is 9.49. The van der Waals surface area contributed by atoms with Crippen LogP contribution in [0.3, 0.4) is 0 Å². The third kappa shape index (κ3) is 3.42. The monoisotopic (exact) mass is 260 g/mol. The molecule has 0 N–H and O–H groups in total. The Bertz CT molecular complexity index is 330. The summed E-state index contributed by atoms with van der Waals surface area (Å²) in [5.74, 6) is 0. The second-order valence-corrected chi connectivity index (χ2v) is 5.73. The van der Waals surface area contributed by atoms with Gasteiger partial charge < -0.3 is 4.74 Å². The van der Waals surface area contributed by atoms with Gasteiger partial charge in [0.25, 0.3) is 0 Å². The largest absolute Gasteiger partial charge is 0.377 e. The standard InChI is InChI=1S/C11H17ClN2OS/c1-2-15-9-4-3-5-14(7-9)8-10-6-13-11(12)16-10/h6,9H,2-5,7-8H2,1H3. The van der Waals surface area contributed by atoms with E-state index in [1.807, 2.05) is 6.20 Å². The average molecular weight is 261 g/mol. The molecule has 1 aliphatic heterocycles. The van der Waals surface area contributed by atoms with E-state index in [0.29, 0.717) is 10.6 Å².